The lowest BCUT2D eigenvalue weighted by atomic mass is 10.1. The fraction of sp³-hybridized carbons (Fsp3) is 0.381. The fourth-order valence-corrected chi connectivity index (χ4v) is 2.55. The van der Waals surface area contributed by atoms with Gasteiger partial charge in [0.25, 0.3) is 12.3 Å². The van der Waals surface area contributed by atoms with Crippen LogP contribution in [0.2, 0.25) is 0 Å². The molecule has 2 amide bonds. The molecule has 2 aromatic rings. The van der Waals surface area contributed by atoms with E-state index in [0.717, 1.165) is 5.56 Å². The summed E-state index contributed by atoms with van der Waals surface area (Å²) < 4.78 is 29.6. The fourth-order valence-electron chi connectivity index (χ4n) is 2.55. The van der Waals surface area contributed by atoms with Gasteiger partial charge in [-0.15, -0.1) is 0 Å². The molecule has 0 aliphatic carbocycles. The molecule has 0 saturated heterocycles. The van der Waals surface area contributed by atoms with Crippen molar-refractivity contribution in [3.8, 4) is 5.75 Å². The number of nitrogens with one attached hydrogen (secondary N) is 2. The zero-order valence-electron chi connectivity index (χ0n) is 16.9. The maximum Gasteiger partial charge on any atom is 0.272 e. The Morgan fingerprint density at radius 2 is 1.86 bits per heavy atom. The number of alkyl halides is 2. The first-order valence-electron chi connectivity index (χ1n) is 9.24. The highest BCUT2D eigenvalue weighted by atomic mass is 19.3. The molecule has 0 fully saturated rings. The van der Waals surface area contributed by atoms with Gasteiger partial charge in [0, 0.05) is 23.7 Å². The number of nitrogens with zero attached hydrogens (tertiary/aromatic N) is 1. The Balaban J connectivity index is 2.02. The number of hydrogen-bond donors (Lipinski definition) is 2. The summed E-state index contributed by atoms with van der Waals surface area (Å²) in [5, 5.41) is 5.49. The number of hydrogen-bond acceptors (Lipinski definition) is 4. The van der Waals surface area contributed by atoms with Crippen molar-refractivity contribution in [2.24, 2.45) is 5.92 Å². The first-order chi connectivity index (χ1) is 13.7. The number of aromatic nitrogens is 1. The third-order valence-corrected chi connectivity index (χ3v) is 4.05. The van der Waals surface area contributed by atoms with E-state index in [0.29, 0.717) is 28.4 Å². The van der Waals surface area contributed by atoms with Crippen LogP contribution in [0.5, 0.6) is 5.75 Å². The van der Waals surface area contributed by atoms with Crippen LogP contribution in [0.3, 0.4) is 0 Å². The quantitative estimate of drug-likeness (QED) is 0.699. The highest BCUT2D eigenvalue weighted by molar-refractivity contribution is 5.97. The highest BCUT2D eigenvalue weighted by Crippen LogP contribution is 2.20. The number of ether oxygens (including phenoxy) is 1. The maximum atomic E-state index is 12.5. The van der Waals surface area contributed by atoms with Crippen LogP contribution in [0.15, 0.2) is 30.3 Å². The number of pyridine rings is 1. The van der Waals surface area contributed by atoms with E-state index in [1.54, 1.807) is 52.0 Å². The summed E-state index contributed by atoms with van der Waals surface area (Å²) in [6, 6.07) is 8.24. The van der Waals surface area contributed by atoms with Crippen molar-refractivity contribution in [3.05, 3.63) is 52.7 Å². The number of halogens is 2. The van der Waals surface area contributed by atoms with E-state index in [4.69, 9.17) is 4.74 Å². The summed E-state index contributed by atoms with van der Waals surface area (Å²) in [6.45, 7) is 6.62. The third kappa shape index (κ3) is 6.81. The predicted octanol–water partition coefficient (Wildman–Crippen LogP) is 3.87. The lowest BCUT2D eigenvalue weighted by Crippen LogP contribution is -2.24. The largest absolute Gasteiger partial charge is 0.487 e. The van der Waals surface area contributed by atoms with Gasteiger partial charge in [0.1, 0.15) is 18.2 Å². The number of amides is 2. The van der Waals surface area contributed by atoms with Gasteiger partial charge < -0.3 is 15.4 Å². The van der Waals surface area contributed by atoms with E-state index in [2.05, 4.69) is 15.6 Å². The lowest BCUT2D eigenvalue weighted by Gasteiger charge is -2.12. The summed E-state index contributed by atoms with van der Waals surface area (Å²) in [6.07, 6.45) is -2.53. The first-order valence-corrected chi connectivity index (χ1v) is 9.24. The van der Waals surface area contributed by atoms with E-state index in [1.807, 2.05) is 0 Å². The zero-order valence-corrected chi connectivity index (χ0v) is 16.9. The Bertz CT molecular complexity index is 885. The minimum atomic E-state index is -2.53. The van der Waals surface area contributed by atoms with E-state index >= 15 is 0 Å². The molecule has 0 bridgehead atoms. The summed E-state index contributed by atoms with van der Waals surface area (Å²) in [5.74, 6) is 0.0108. The molecular weight excluding hydrogens is 380 g/mol. The minimum Gasteiger partial charge on any atom is -0.487 e. The van der Waals surface area contributed by atoms with Crippen molar-refractivity contribution in [1.29, 1.82) is 0 Å². The Labute approximate surface area is 168 Å². The van der Waals surface area contributed by atoms with Crippen LogP contribution in [0.1, 0.15) is 41.0 Å². The Kier molecular flexibility index (Phi) is 7.64. The van der Waals surface area contributed by atoms with Gasteiger partial charge in [-0.2, -0.15) is 0 Å². The number of carbonyl (C=O) groups excluding carboxylic acids is 2. The zero-order chi connectivity index (χ0) is 21.6. The number of carbonyl (C=O) groups is 2. The first kappa shape index (κ1) is 22.3. The molecule has 0 spiro atoms. The SMILES string of the molecule is Cc1cc(C(=O)NCc2ccc(OCC(F)F)c(C)c2)cc(NC(=O)C(C)C)n1. The number of rotatable bonds is 8. The van der Waals surface area contributed by atoms with E-state index < -0.39 is 13.0 Å². The molecule has 29 heavy (non-hydrogen) atoms. The Morgan fingerprint density at radius 3 is 2.48 bits per heavy atom. The predicted molar refractivity (Wildman–Crippen MR) is 106 cm³/mol. The van der Waals surface area contributed by atoms with E-state index in [-0.39, 0.29) is 24.3 Å². The number of benzene rings is 1. The molecule has 8 heteroatoms. The van der Waals surface area contributed by atoms with Crippen molar-refractivity contribution in [2.75, 3.05) is 11.9 Å². The minimum absolute atomic E-state index is 0.181. The van der Waals surface area contributed by atoms with Gasteiger partial charge in [0.2, 0.25) is 5.91 Å². The maximum absolute atomic E-state index is 12.5. The molecule has 1 heterocycles. The number of aryl methyl sites for hydroxylation is 2. The van der Waals surface area contributed by atoms with Crippen LogP contribution in [0.4, 0.5) is 14.6 Å². The molecule has 0 radical (unpaired) electrons. The van der Waals surface area contributed by atoms with Crippen molar-refractivity contribution >= 4 is 17.6 Å². The monoisotopic (exact) mass is 405 g/mol. The average molecular weight is 405 g/mol. The van der Waals surface area contributed by atoms with Gasteiger partial charge in [-0.3, -0.25) is 9.59 Å². The van der Waals surface area contributed by atoms with Crippen LogP contribution in [-0.4, -0.2) is 29.8 Å². The molecule has 1 aromatic carbocycles. The summed E-state index contributed by atoms with van der Waals surface area (Å²) in [4.78, 5) is 28.6. The molecule has 0 aliphatic heterocycles. The average Bonchev–Trinajstić information content (AvgIpc) is 2.64. The molecular formula is C21H25F2N3O3. The van der Waals surface area contributed by atoms with Crippen LogP contribution in [0.25, 0.3) is 0 Å². The Morgan fingerprint density at radius 1 is 1.14 bits per heavy atom. The highest BCUT2D eigenvalue weighted by Gasteiger charge is 2.13. The molecule has 2 rings (SSSR count). The summed E-state index contributed by atoms with van der Waals surface area (Å²) in [7, 11) is 0. The van der Waals surface area contributed by atoms with Gasteiger partial charge >= 0.3 is 0 Å². The second-order valence-corrected chi connectivity index (χ2v) is 7.01. The lowest BCUT2D eigenvalue weighted by molar-refractivity contribution is -0.118. The van der Waals surface area contributed by atoms with Crippen molar-refractivity contribution in [1.82, 2.24) is 10.3 Å². The van der Waals surface area contributed by atoms with Crippen LogP contribution in [-0.2, 0) is 11.3 Å². The standard InChI is InChI=1S/C21H25F2N3O3/c1-12(2)20(27)26-19-9-16(8-14(4)25-19)21(28)24-10-15-5-6-17(13(3)7-15)29-11-18(22)23/h5-9,12,18H,10-11H2,1-4H3,(H,24,28)(H,25,26,27). The Hall–Kier alpha value is -3.03. The molecule has 0 atom stereocenters. The van der Waals surface area contributed by atoms with E-state index in [9.17, 15) is 18.4 Å². The van der Waals surface area contributed by atoms with Crippen LogP contribution in [0, 0.1) is 19.8 Å². The second kappa shape index (κ2) is 9.95. The van der Waals surface area contributed by atoms with Gasteiger partial charge in [-0.25, -0.2) is 13.8 Å². The normalized spacial score (nSPS) is 10.9. The smallest absolute Gasteiger partial charge is 0.272 e. The number of anilines is 1. The molecule has 1 aromatic heterocycles. The van der Waals surface area contributed by atoms with Gasteiger partial charge in [0.15, 0.2) is 0 Å². The summed E-state index contributed by atoms with van der Waals surface area (Å²) in [5.41, 5.74) is 2.49. The molecule has 2 N–H and O–H groups in total. The van der Waals surface area contributed by atoms with Gasteiger partial charge in [-0.05, 0) is 43.2 Å². The van der Waals surface area contributed by atoms with Crippen LogP contribution >= 0.6 is 0 Å². The topological polar surface area (TPSA) is 80.3 Å². The van der Waals surface area contributed by atoms with Crippen LogP contribution < -0.4 is 15.4 Å². The van der Waals surface area contributed by atoms with Crippen molar-refractivity contribution < 1.29 is 23.1 Å². The van der Waals surface area contributed by atoms with E-state index in [1.165, 1.54) is 6.07 Å². The molecule has 0 aliphatic rings. The van der Waals surface area contributed by atoms with Crippen molar-refractivity contribution in [3.63, 3.8) is 0 Å². The summed E-state index contributed by atoms with van der Waals surface area (Å²) >= 11 is 0. The third-order valence-electron chi connectivity index (χ3n) is 4.05. The van der Waals surface area contributed by atoms with Gasteiger partial charge in [0.05, 0.1) is 0 Å². The second-order valence-electron chi connectivity index (χ2n) is 7.01. The van der Waals surface area contributed by atoms with Gasteiger partial charge in [-0.1, -0.05) is 26.0 Å². The molecule has 6 nitrogen and oxygen atoms in total. The molecule has 0 unspecified atom stereocenters. The molecule has 156 valence electrons. The molecule has 0 saturated carbocycles. The van der Waals surface area contributed by atoms with Crippen molar-refractivity contribution in [2.45, 2.75) is 40.7 Å².